The van der Waals surface area contributed by atoms with Crippen molar-refractivity contribution in [2.45, 2.75) is 43.9 Å². The van der Waals surface area contributed by atoms with Crippen molar-refractivity contribution >= 4 is 17.2 Å². The van der Waals surface area contributed by atoms with E-state index in [-0.39, 0.29) is 18.1 Å². The van der Waals surface area contributed by atoms with Crippen molar-refractivity contribution < 1.29 is 9.90 Å². The van der Waals surface area contributed by atoms with Gasteiger partial charge in [-0.2, -0.15) is 5.10 Å². The average Bonchev–Trinajstić information content (AvgIpc) is 3.29. The monoisotopic (exact) mass is 374 g/mol. The number of aryl methyl sites for hydroxylation is 1. The maximum atomic E-state index is 12.5. The van der Waals surface area contributed by atoms with Gasteiger partial charge in [-0.1, -0.05) is 6.07 Å². The zero-order valence-corrected chi connectivity index (χ0v) is 15.9. The van der Waals surface area contributed by atoms with Crippen LogP contribution in [-0.2, 0) is 7.05 Å². The summed E-state index contributed by atoms with van der Waals surface area (Å²) in [5, 5.41) is 19.8. The summed E-state index contributed by atoms with van der Waals surface area (Å²) in [7, 11) is 1.94. The van der Waals surface area contributed by atoms with Gasteiger partial charge in [-0.25, -0.2) is 0 Å². The van der Waals surface area contributed by atoms with Crippen LogP contribution in [0.25, 0.3) is 0 Å². The number of amides is 1. The van der Waals surface area contributed by atoms with Gasteiger partial charge in [0, 0.05) is 44.0 Å². The Morgan fingerprint density at radius 2 is 2.15 bits per heavy atom. The quantitative estimate of drug-likeness (QED) is 0.842. The lowest BCUT2D eigenvalue weighted by atomic mass is 9.75. The van der Waals surface area contributed by atoms with Gasteiger partial charge in [-0.3, -0.25) is 9.48 Å². The number of likely N-dealkylation sites (tertiary alicyclic amines) is 1. The Kier molecular flexibility index (Phi) is 5.11. The minimum atomic E-state index is -0.161. The number of aliphatic hydroxyl groups is 1. The fourth-order valence-corrected chi connectivity index (χ4v) is 4.76. The summed E-state index contributed by atoms with van der Waals surface area (Å²) in [5.41, 5.74) is 1.20. The third-order valence-corrected chi connectivity index (χ3v) is 6.49. The van der Waals surface area contributed by atoms with Crippen molar-refractivity contribution in [1.29, 1.82) is 0 Å². The zero-order chi connectivity index (χ0) is 18.1. The Morgan fingerprint density at radius 3 is 2.73 bits per heavy atom. The van der Waals surface area contributed by atoms with E-state index in [1.54, 1.807) is 0 Å². The van der Waals surface area contributed by atoms with Crippen molar-refractivity contribution in [3.05, 3.63) is 40.3 Å². The zero-order valence-electron chi connectivity index (χ0n) is 15.0. The summed E-state index contributed by atoms with van der Waals surface area (Å²) in [6.07, 6.45) is 7.46. The molecule has 0 aromatic carbocycles. The number of nitrogens with one attached hydrogen (secondary N) is 1. The Bertz CT molecular complexity index is 731. The van der Waals surface area contributed by atoms with Crippen molar-refractivity contribution in [2.24, 2.45) is 13.0 Å². The van der Waals surface area contributed by atoms with Gasteiger partial charge in [0.1, 0.15) is 0 Å². The first-order valence-corrected chi connectivity index (χ1v) is 10.2. The largest absolute Gasteiger partial charge is 0.393 e. The molecule has 1 saturated carbocycles. The van der Waals surface area contributed by atoms with Crippen LogP contribution in [0, 0.1) is 5.92 Å². The summed E-state index contributed by atoms with van der Waals surface area (Å²) in [5.74, 6) is 0.615. The van der Waals surface area contributed by atoms with Gasteiger partial charge in [-0.05, 0) is 43.0 Å². The normalized spacial score (nSPS) is 25.1. The molecule has 2 aliphatic rings. The van der Waals surface area contributed by atoms with E-state index in [0.29, 0.717) is 12.0 Å². The van der Waals surface area contributed by atoms with Crippen molar-refractivity contribution in [1.82, 2.24) is 20.0 Å². The minimum Gasteiger partial charge on any atom is -0.393 e. The number of nitrogens with zero attached hydrogens (tertiary/aromatic N) is 3. The summed E-state index contributed by atoms with van der Waals surface area (Å²) in [6, 6.07) is 4.46. The molecule has 1 atom stereocenters. The molecule has 140 valence electrons. The molecule has 7 heteroatoms. The third kappa shape index (κ3) is 3.70. The second-order valence-electron chi connectivity index (χ2n) is 7.52. The first-order chi connectivity index (χ1) is 12.6. The Labute approximate surface area is 157 Å². The van der Waals surface area contributed by atoms with Crippen molar-refractivity contribution in [3.8, 4) is 0 Å². The lowest BCUT2D eigenvalue weighted by Crippen LogP contribution is -2.48. The number of aromatic nitrogens is 2. The van der Waals surface area contributed by atoms with Gasteiger partial charge in [0.25, 0.3) is 5.91 Å². The smallest absolute Gasteiger partial charge is 0.263 e. The molecular formula is C19H26N4O2S. The Hall–Kier alpha value is -1.70. The highest BCUT2D eigenvalue weighted by atomic mass is 32.1. The molecule has 1 aliphatic carbocycles. The molecule has 2 aromatic rings. The van der Waals surface area contributed by atoms with Crippen LogP contribution in [0.1, 0.15) is 47.0 Å². The van der Waals surface area contributed by atoms with E-state index in [4.69, 9.17) is 0 Å². The molecule has 3 heterocycles. The fraction of sp³-hybridized carbons (Fsp3) is 0.579. The molecule has 2 aromatic heterocycles. The molecule has 0 bridgehead atoms. The summed E-state index contributed by atoms with van der Waals surface area (Å²) in [6.45, 7) is 1.59. The summed E-state index contributed by atoms with van der Waals surface area (Å²) >= 11 is 1.51. The number of rotatable bonds is 5. The van der Waals surface area contributed by atoms with Crippen LogP contribution in [0.3, 0.4) is 0 Å². The SMILES string of the molecule is Cn1cc(C(NC2CCN(C(=O)c3cccs3)CC2)C2CC(O)C2)cn1. The number of hydrogen-bond acceptors (Lipinski definition) is 5. The minimum absolute atomic E-state index is 0.157. The lowest BCUT2D eigenvalue weighted by molar-refractivity contribution is 0.0196. The molecule has 1 unspecified atom stereocenters. The van der Waals surface area contributed by atoms with E-state index >= 15 is 0 Å². The maximum Gasteiger partial charge on any atom is 0.263 e. The third-order valence-electron chi connectivity index (χ3n) is 5.63. The number of piperidine rings is 1. The highest BCUT2D eigenvalue weighted by Crippen LogP contribution is 2.38. The molecule has 4 rings (SSSR count). The molecule has 2 N–H and O–H groups in total. The first-order valence-electron chi connectivity index (χ1n) is 9.35. The molecule has 1 saturated heterocycles. The fourth-order valence-electron chi connectivity index (χ4n) is 4.07. The van der Waals surface area contributed by atoms with Crippen LogP contribution in [0.5, 0.6) is 0 Å². The Morgan fingerprint density at radius 1 is 1.38 bits per heavy atom. The molecule has 1 aliphatic heterocycles. The maximum absolute atomic E-state index is 12.5. The van der Waals surface area contributed by atoms with Crippen LogP contribution < -0.4 is 5.32 Å². The second kappa shape index (κ2) is 7.50. The summed E-state index contributed by atoms with van der Waals surface area (Å²) in [4.78, 5) is 15.3. The van der Waals surface area contributed by atoms with E-state index in [9.17, 15) is 9.90 Å². The molecule has 6 nitrogen and oxygen atoms in total. The van der Waals surface area contributed by atoms with E-state index in [1.807, 2.05) is 40.3 Å². The van der Waals surface area contributed by atoms with Crippen molar-refractivity contribution in [3.63, 3.8) is 0 Å². The van der Waals surface area contributed by atoms with E-state index < -0.39 is 0 Å². The van der Waals surface area contributed by atoms with Crippen LogP contribution in [0.4, 0.5) is 0 Å². The molecule has 2 fully saturated rings. The number of carbonyl (C=O) groups is 1. The van der Waals surface area contributed by atoms with E-state index in [0.717, 1.165) is 43.6 Å². The molecular weight excluding hydrogens is 348 g/mol. The highest BCUT2D eigenvalue weighted by Gasteiger charge is 2.37. The number of aliphatic hydroxyl groups excluding tert-OH is 1. The summed E-state index contributed by atoms with van der Waals surface area (Å²) < 4.78 is 1.83. The topological polar surface area (TPSA) is 70.4 Å². The highest BCUT2D eigenvalue weighted by molar-refractivity contribution is 7.12. The van der Waals surface area contributed by atoms with Crippen LogP contribution >= 0.6 is 11.3 Å². The first kappa shape index (κ1) is 17.7. The van der Waals surface area contributed by atoms with E-state index in [1.165, 1.54) is 16.9 Å². The number of carbonyl (C=O) groups excluding carboxylic acids is 1. The van der Waals surface area contributed by atoms with Gasteiger partial charge >= 0.3 is 0 Å². The van der Waals surface area contributed by atoms with Crippen LogP contribution in [-0.4, -0.2) is 50.9 Å². The standard InChI is InChI=1S/C19H26N4O2S/c1-22-12-14(11-20-22)18(13-9-16(24)10-13)21-15-4-6-23(7-5-15)19(25)17-3-2-8-26-17/h2-3,8,11-13,15-16,18,21,24H,4-7,9-10H2,1H3. The molecule has 1 amide bonds. The van der Waals surface area contributed by atoms with Crippen molar-refractivity contribution in [2.75, 3.05) is 13.1 Å². The average molecular weight is 375 g/mol. The van der Waals surface area contributed by atoms with Gasteiger partial charge in [-0.15, -0.1) is 11.3 Å². The van der Waals surface area contributed by atoms with Crippen LogP contribution in [0.15, 0.2) is 29.9 Å². The predicted molar refractivity (Wildman–Crippen MR) is 101 cm³/mol. The second-order valence-corrected chi connectivity index (χ2v) is 8.47. The number of hydrogen-bond donors (Lipinski definition) is 2. The van der Waals surface area contributed by atoms with Gasteiger partial charge in [0.2, 0.25) is 0 Å². The molecule has 0 radical (unpaired) electrons. The van der Waals surface area contributed by atoms with Gasteiger partial charge in [0.05, 0.1) is 17.2 Å². The number of thiophene rings is 1. The van der Waals surface area contributed by atoms with Crippen LogP contribution in [0.2, 0.25) is 0 Å². The lowest BCUT2D eigenvalue weighted by Gasteiger charge is -2.41. The predicted octanol–water partition coefficient (Wildman–Crippen LogP) is 2.19. The van der Waals surface area contributed by atoms with Gasteiger partial charge < -0.3 is 15.3 Å². The van der Waals surface area contributed by atoms with Gasteiger partial charge in [0.15, 0.2) is 0 Å². The Balaban J connectivity index is 1.36. The van der Waals surface area contributed by atoms with E-state index in [2.05, 4.69) is 16.6 Å². The molecule has 26 heavy (non-hydrogen) atoms. The molecule has 0 spiro atoms.